The van der Waals surface area contributed by atoms with E-state index in [1.54, 1.807) is 17.2 Å². The molecule has 1 amide bonds. The standard InChI is InChI=1S/C25H19N5O/c1-17-14-20(30-13-5-12-28-30)10-11-21(17)25(31)29-19-7-4-6-18(15-19)24-22-8-2-3-9-23(22)26-16-27-24/h2-16H,1H3,(H,29,31). The Bertz CT molecular complexity index is 1390. The fourth-order valence-corrected chi connectivity index (χ4v) is 3.64. The van der Waals surface area contributed by atoms with Gasteiger partial charge in [-0.1, -0.05) is 30.3 Å². The SMILES string of the molecule is Cc1cc(-n2cccn2)ccc1C(=O)Nc1cccc(-c2ncnc3ccccc23)c1. The minimum Gasteiger partial charge on any atom is -0.322 e. The molecule has 0 radical (unpaired) electrons. The van der Waals surface area contributed by atoms with E-state index in [2.05, 4.69) is 20.4 Å². The Morgan fingerprint density at radius 3 is 2.68 bits per heavy atom. The lowest BCUT2D eigenvalue weighted by Gasteiger charge is -2.11. The van der Waals surface area contributed by atoms with Gasteiger partial charge in [0.25, 0.3) is 5.91 Å². The molecule has 0 aliphatic rings. The largest absolute Gasteiger partial charge is 0.322 e. The second kappa shape index (κ2) is 7.84. The van der Waals surface area contributed by atoms with Crippen LogP contribution in [0.2, 0.25) is 0 Å². The summed E-state index contributed by atoms with van der Waals surface area (Å²) in [5.74, 6) is -0.158. The molecule has 150 valence electrons. The first-order valence-electron chi connectivity index (χ1n) is 9.91. The van der Waals surface area contributed by atoms with Gasteiger partial charge in [-0.15, -0.1) is 0 Å². The maximum absolute atomic E-state index is 12.9. The summed E-state index contributed by atoms with van der Waals surface area (Å²) >= 11 is 0. The van der Waals surface area contributed by atoms with E-state index in [1.165, 1.54) is 0 Å². The monoisotopic (exact) mass is 405 g/mol. The highest BCUT2D eigenvalue weighted by Crippen LogP contribution is 2.27. The average Bonchev–Trinajstić information content (AvgIpc) is 3.34. The Morgan fingerprint density at radius 2 is 1.84 bits per heavy atom. The van der Waals surface area contributed by atoms with E-state index in [0.29, 0.717) is 11.3 Å². The third-order valence-electron chi connectivity index (χ3n) is 5.16. The lowest BCUT2D eigenvalue weighted by atomic mass is 10.0. The zero-order chi connectivity index (χ0) is 21.2. The van der Waals surface area contributed by atoms with E-state index in [4.69, 9.17) is 0 Å². The van der Waals surface area contributed by atoms with E-state index in [-0.39, 0.29) is 5.91 Å². The summed E-state index contributed by atoms with van der Waals surface area (Å²) in [6.45, 7) is 1.92. The van der Waals surface area contributed by atoms with E-state index >= 15 is 0 Å². The fourth-order valence-electron chi connectivity index (χ4n) is 3.64. The molecule has 0 atom stereocenters. The predicted molar refractivity (Wildman–Crippen MR) is 121 cm³/mol. The van der Waals surface area contributed by atoms with Crippen molar-refractivity contribution in [1.29, 1.82) is 0 Å². The summed E-state index contributed by atoms with van der Waals surface area (Å²) in [5.41, 5.74) is 5.76. The highest BCUT2D eigenvalue weighted by molar-refractivity contribution is 6.05. The van der Waals surface area contributed by atoms with Crippen LogP contribution in [0.4, 0.5) is 5.69 Å². The number of para-hydroxylation sites is 1. The minimum absolute atomic E-state index is 0.158. The molecule has 0 saturated carbocycles. The molecule has 5 aromatic rings. The van der Waals surface area contributed by atoms with Gasteiger partial charge in [-0.2, -0.15) is 5.10 Å². The molecule has 0 saturated heterocycles. The third-order valence-corrected chi connectivity index (χ3v) is 5.16. The first-order valence-corrected chi connectivity index (χ1v) is 9.91. The molecule has 0 aliphatic heterocycles. The molecule has 1 N–H and O–H groups in total. The smallest absolute Gasteiger partial charge is 0.255 e. The minimum atomic E-state index is -0.158. The molecule has 3 aromatic carbocycles. The van der Waals surface area contributed by atoms with Crippen molar-refractivity contribution < 1.29 is 4.79 Å². The third kappa shape index (κ3) is 3.67. The van der Waals surface area contributed by atoms with Crippen LogP contribution < -0.4 is 5.32 Å². The summed E-state index contributed by atoms with van der Waals surface area (Å²) in [6.07, 6.45) is 5.16. The molecule has 0 fully saturated rings. The number of nitrogens with zero attached hydrogens (tertiary/aromatic N) is 4. The summed E-state index contributed by atoms with van der Waals surface area (Å²) in [6, 6.07) is 23.1. The van der Waals surface area contributed by atoms with Crippen molar-refractivity contribution in [2.24, 2.45) is 0 Å². The number of rotatable bonds is 4. The Labute approximate surface area is 179 Å². The summed E-state index contributed by atoms with van der Waals surface area (Å²) in [5, 5.41) is 8.21. The van der Waals surface area contributed by atoms with Gasteiger partial charge in [0.15, 0.2) is 0 Å². The number of benzene rings is 3. The Morgan fingerprint density at radius 1 is 0.935 bits per heavy atom. The predicted octanol–water partition coefficient (Wildman–Crippen LogP) is 5.04. The second-order valence-corrected chi connectivity index (χ2v) is 7.22. The van der Waals surface area contributed by atoms with Crippen LogP contribution >= 0.6 is 0 Å². The molecular formula is C25H19N5O. The number of fused-ring (bicyclic) bond motifs is 1. The van der Waals surface area contributed by atoms with Crippen molar-refractivity contribution >= 4 is 22.5 Å². The van der Waals surface area contributed by atoms with Crippen LogP contribution in [0.3, 0.4) is 0 Å². The summed E-state index contributed by atoms with van der Waals surface area (Å²) in [7, 11) is 0. The first-order chi connectivity index (χ1) is 15.2. The van der Waals surface area contributed by atoms with Crippen molar-refractivity contribution in [2.75, 3.05) is 5.32 Å². The molecule has 6 nitrogen and oxygen atoms in total. The van der Waals surface area contributed by atoms with Gasteiger partial charge < -0.3 is 5.32 Å². The van der Waals surface area contributed by atoms with Crippen molar-refractivity contribution in [3.05, 3.63) is 103 Å². The van der Waals surface area contributed by atoms with Gasteiger partial charge in [-0.05, 0) is 55.0 Å². The zero-order valence-electron chi connectivity index (χ0n) is 16.9. The van der Waals surface area contributed by atoms with Gasteiger partial charge >= 0.3 is 0 Å². The maximum Gasteiger partial charge on any atom is 0.255 e. The fraction of sp³-hybridized carbons (Fsp3) is 0.0400. The normalized spacial score (nSPS) is 10.9. The van der Waals surface area contributed by atoms with Gasteiger partial charge in [-0.3, -0.25) is 4.79 Å². The number of anilines is 1. The highest BCUT2D eigenvalue weighted by Gasteiger charge is 2.12. The number of carbonyl (C=O) groups excluding carboxylic acids is 1. The lowest BCUT2D eigenvalue weighted by Crippen LogP contribution is -2.13. The number of hydrogen-bond donors (Lipinski definition) is 1. The van der Waals surface area contributed by atoms with Crippen LogP contribution in [0.15, 0.2) is 91.5 Å². The molecule has 5 rings (SSSR count). The summed E-state index contributed by atoms with van der Waals surface area (Å²) < 4.78 is 1.77. The Hall–Kier alpha value is -4.32. The lowest BCUT2D eigenvalue weighted by molar-refractivity contribution is 0.102. The average molecular weight is 405 g/mol. The second-order valence-electron chi connectivity index (χ2n) is 7.22. The van der Waals surface area contributed by atoms with E-state index < -0.39 is 0 Å². The Kier molecular flexibility index (Phi) is 4.72. The van der Waals surface area contributed by atoms with Crippen LogP contribution in [0.25, 0.3) is 27.8 Å². The van der Waals surface area contributed by atoms with E-state index in [0.717, 1.165) is 33.4 Å². The molecule has 0 unspecified atom stereocenters. The number of carbonyl (C=O) groups is 1. The van der Waals surface area contributed by atoms with Gasteiger partial charge in [-0.25, -0.2) is 14.6 Å². The number of nitrogens with one attached hydrogen (secondary N) is 1. The van der Waals surface area contributed by atoms with Crippen molar-refractivity contribution in [1.82, 2.24) is 19.7 Å². The van der Waals surface area contributed by atoms with Crippen LogP contribution in [0.5, 0.6) is 0 Å². The van der Waals surface area contributed by atoms with Crippen LogP contribution in [0.1, 0.15) is 15.9 Å². The molecule has 2 heterocycles. The maximum atomic E-state index is 12.9. The molecule has 0 bridgehead atoms. The molecular weight excluding hydrogens is 386 g/mol. The molecule has 31 heavy (non-hydrogen) atoms. The number of aromatic nitrogens is 4. The van der Waals surface area contributed by atoms with Gasteiger partial charge in [0.1, 0.15) is 6.33 Å². The Balaban J connectivity index is 1.43. The number of aryl methyl sites for hydroxylation is 1. The van der Waals surface area contributed by atoms with E-state index in [9.17, 15) is 4.79 Å². The quantitative estimate of drug-likeness (QED) is 0.454. The molecule has 2 aromatic heterocycles. The van der Waals surface area contributed by atoms with Gasteiger partial charge in [0.05, 0.1) is 16.9 Å². The van der Waals surface area contributed by atoms with Crippen molar-refractivity contribution in [3.8, 4) is 16.9 Å². The van der Waals surface area contributed by atoms with Gasteiger partial charge in [0.2, 0.25) is 0 Å². The van der Waals surface area contributed by atoms with Crippen molar-refractivity contribution in [3.63, 3.8) is 0 Å². The highest BCUT2D eigenvalue weighted by atomic mass is 16.1. The number of amides is 1. The van der Waals surface area contributed by atoms with Crippen LogP contribution in [0, 0.1) is 6.92 Å². The number of hydrogen-bond acceptors (Lipinski definition) is 4. The topological polar surface area (TPSA) is 72.7 Å². The van der Waals surface area contributed by atoms with Crippen molar-refractivity contribution in [2.45, 2.75) is 6.92 Å². The molecule has 6 heteroatoms. The summed E-state index contributed by atoms with van der Waals surface area (Å²) in [4.78, 5) is 21.7. The van der Waals surface area contributed by atoms with Gasteiger partial charge in [0, 0.05) is 34.6 Å². The molecule has 0 aliphatic carbocycles. The first kappa shape index (κ1) is 18.7. The van der Waals surface area contributed by atoms with Crippen LogP contribution in [-0.4, -0.2) is 25.7 Å². The zero-order valence-corrected chi connectivity index (χ0v) is 16.9. The van der Waals surface area contributed by atoms with Crippen LogP contribution in [-0.2, 0) is 0 Å². The van der Waals surface area contributed by atoms with E-state index in [1.807, 2.05) is 85.9 Å². The molecule has 0 spiro atoms.